The highest BCUT2D eigenvalue weighted by atomic mass is 35.5. The van der Waals surface area contributed by atoms with Crippen LogP contribution in [0.15, 0.2) is 22.4 Å². The van der Waals surface area contributed by atoms with E-state index in [1.165, 1.54) is 9.87 Å². The number of halogens is 1. The number of rotatable bonds is 5. The summed E-state index contributed by atoms with van der Waals surface area (Å²) in [5, 5.41) is 0. The Hall–Kier alpha value is -1.25. The van der Waals surface area contributed by atoms with Crippen molar-refractivity contribution in [2.24, 2.45) is 0 Å². The quantitative estimate of drug-likeness (QED) is 0.658. The SMILES string of the molecule is CC(=O)c1c(C)cc(C)c(CN2CCN(S(=O)(=O)c3ccc(Cl)s3)CC2)c1C. The highest BCUT2D eigenvalue weighted by molar-refractivity contribution is 7.91. The van der Waals surface area contributed by atoms with Gasteiger partial charge in [-0.15, -0.1) is 11.3 Å². The lowest BCUT2D eigenvalue weighted by Gasteiger charge is -2.34. The molecule has 28 heavy (non-hydrogen) atoms. The van der Waals surface area contributed by atoms with Gasteiger partial charge < -0.3 is 0 Å². The summed E-state index contributed by atoms with van der Waals surface area (Å²) in [5.41, 5.74) is 5.18. The number of benzene rings is 1. The molecule has 1 aliphatic rings. The largest absolute Gasteiger partial charge is 0.296 e. The zero-order chi connectivity index (χ0) is 20.6. The first kappa shape index (κ1) is 21.5. The average Bonchev–Trinajstić information content (AvgIpc) is 3.06. The summed E-state index contributed by atoms with van der Waals surface area (Å²) in [6.45, 7) is 10.6. The molecule has 8 heteroatoms. The van der Waals surface area contributed by atoms with Gasteiger partial charge in [0.05, 0.1) is 4.34 Å². The fourth-order valence-corrected chi connectivity index (χ4v) is 6.99. The number of carbonyl (C=O) groups excluding carboxylic acids is 1. The van der Waals surface area contributed by atoms with Gasteiger partial charge in [-0.25, -0.2) is 8.42 Å². The normalized spacial score (nSPS) is 16.5. The first-order valence-electron chi connectivity index (χ1n) is 9.19. The summed E-state index contributed by atoms with van der Waals surface area (Å²) in [4.78, 5) is 14.3. The zero-order valence-electron chi connectivity index (χ0n) is 16.6. The number of aryl methyl sites for hydroxylation is 2. The van der Waals surface area contributed by atoms with Gasteiger partial charge in [0.2, 0.25) is 0 Å². The molecule has 1 aromatic heterocycles. The number of sulfonamides is 1. The lowest BCUT2D eigenvalue weighted by Crippen LogP contribution is -2.48. The van der Waals surface area contributed by atoms with Crippen LogP contribution in [0.4, 0.5) is 0 Å². The molecule has 0 saturated carbocycles. The van der Waals surface area contributed by atoms with E-state index in [1.807, 2.05) is 13.8 Å². The summed E-state index contributed by atoms with van der Waals surface area (Å²) in [6.07, 6.45) is 0. The smallest absolute Gasteiger partial charge is 0.252 e. The van der Waals surface area contributed by atoms with Crippen LogP contribution >= 0.6 is 22.9 Å². The van der Waals surface area contributed by atoms with Gasteiger partial charge in [0.25, 0.3) is 10.0 Å². The van der Waals surface area contributed by atoms with Crippen molar-refractivity contribution in [3.8, 4) is 0 Å². The number of ketones is 1. The van der Waals surface area contributed by atoms with Crippen LogP contribution < -0.4 is 0 Å². The van der Waals surface area contributed by atoms with Gasteiger partial charge in [-0.1, -0.05) is 17.7 Å². The van der Waals surface area contributed by atoms with Crippen LogP contribution in [0.25, 0.3) is 0 Å². The molecule has 5 nitrogen and oxygen atoms in total. The number of thiophene rings is 1. The number of piperazine rings is 1. The van der Waals surface area contributed by atoms with Gasteiger partial charge in [-0.2, -0.15) is 4.31 Å². The van der Waals surface area contributed by atoms with E-state index in [4.69, 9.17) is 11.6 Å². The number of nitrogens with zero attached hydrogens (tertiary/aromatic N) is 2. The second-order valence-corrected chi connectivity index (χ2v) is 11.2. The van der Waals surface area contributed by atoms with Crippen LogP contribution in [0.3, 0.4) is 0 Å². The van der Waals surface area contributed by atoms with Crippen LogP contribution in [0.5, 0.6) is 0 Å². The van der Waals surface area contributed by atoms with Gasteiger partial charge in [-0.05, 0) is 62.1 Å². The standard InChI is InChI=1S/C20H25ClN2O3S2/c1-13-11-14(2)20(16(4)24)15(3)17(13)12-22-7-9-23(10-8-22)28(25,26)19-6-5-18(21)27-19/h5-6,11H,7-10,12H2,1-4H3. The van der Waals surface area contributed by atoms with E-state index in [0.717, 1.165) is 40.1 Å². The minimum atomic E-state index is -3.48. The predicted octanol–water partition coefficient (Wildman–Crippen LogP) is 4.04. The zero-order valence-corrected chi connectivity index (χ0v) is 19.0. The molecule has 1 aliphatic heterocycles. The van der Waals surface area contributed by atoms with Crippen LogP contribution in [-0.4, -0.2) is 49.6 Å². The minimum absolute atomic E-state index is 0.0850. The Balaban J connectivity index is 1.73. The fourth-order valence-electron chi connectivity index (χ4n) is 3.93. The predicted molar refractivity (Wildman–Crippen MR) is 114 cm³/mol. The van der Waals surface area contributed by atoms with Crippen molar-refractivity contribution < 1.29 is 13.2 Å². The number of hydrogen-bond donors (Lipinski definition) is 0. The van der Waals surface area contributed by atoms with Crippen molar-refractivity contribution in [1.82, 2.24) is 9.21 Å². The van der Waals surface area contributed by atoms with Crippen LogP contribution in [0.2, 0.25) is 4.34 Å². The summed E-state index contributed by atoms with van der Waals surface area (Å²) >= 11 is 6.99. The summed E-state index contributed by atoms with van der Waals surface area (Å²) < 4.78 is 27.8. The molecule has 0 amide bonds. The van der Waals surface area contributed by atoms with E-state index in [0.29, 0.717) is 34.7 Å². The van der Waals surface area contributed by atoms with Crippen molar-refractivity contribution in [3.63, 3.8) is 0 Å². The Morgan fingerprint density at radius 3 is 2.29 bits per heavy atom. The molecule has 0 bridgehead atoms. The molecule has 1 saturated heterocycles. The van der Waals surface area contributed by atoms with Crippen molar-refractivity contribution >= 4 is 38.7 Å². The molecule has 1 aromatic carbocycles. The van der Waals surface area contributed by atoms with E-state index in [9.17, 15) is 13.2 Å². The summed E-state index contributed by atoms with van der Waals surface area (Å²) in [7, 11) is -3.48. The molecule has 3 rings (SSSR count). The van der Waals surface area contributed by atoms with E-state index >= 15 is 0 Å². The van der Waals surface area contributed by atoms with Crippen LogP contribution in [-0.2, 0) is 16.6 Å². The topological polar surface area (TPSA) is 57.7 Å². The third-order valence-corrected chi connectivity index (χ3v) is 8.94. The summed E-state index contributed by atoms with van der Waals surface area (Å²) in [6, 6.07) is 5.25. The Bertz CT molecular complexity index is 1010. The van der Waals surface area contributed by atoms with Gasteiger partial charge in [0.15, 0.2) is 5.78 Å². The third-order valence-electron chi connectivity index (χ3n) is 5.34. The molecule has 152 valence electrons. The second kappa shape index (κ2) is 8.24. The van der Waals surface area contributed by atoms with Crippen molar-refractivity contribution in [3.05, 3.63) is 50.4 Å². The second-order valence-electron chi connectivity index (χ2n) is 7.28. The fraction of sp³-hybridized carbons (Fsp3) is 0.450. The van der Waals surface area contributed by atoms with Crippen LogP contribution in [0.1, 0.15) is 39.5 Å². The monoisotopic (exact) mass is 440 g/mol. The molecule has 0 radical (unpaired) electrons. The molecule has 0 atom stereocenters. The Labute approximate surface area is 176 Å². The average molecular weight is 441 g/mol. The third kappa shape index (κ3) is 4.19. The van der Waals surface area contributed by atoms with Gasteiger partial charge in [-0.3, -0.25) is 9.69 Å². The first-order chi connectivity index (χ1) is 13.1. The van der Waals surface area contributed by atoms with Crippen molar-refractivity contribution in [2.75, 3.05) is 26.2 Å². The molecule has 0 unspecified atom stereocenters. The minimum Gasteiger partial charge on any atom is -0.296 e. The van der Waals surface area contributed by atoms with Gasteiger partial charge in [0, 0.05) is 38.3 Å². The van der Waals surface area contributed by atoms with Crippen molar-refractivity contribution in [2.45, 2.75) is 38.4 Å². The van der Waals surface area contributed by atoms with E-state index in [1.54, 1.807) is 19.1 Å². The molecule has 0 aliphatic carbocycles. The van der Waals surface area contributed by atoms with Gasteiger partial charge >= 0.3 is 0 Å². The Morgan fingerprint density at radius 1 is 1.11 bits per heavy atom. The molecular formula is C20H25ClN2O3S2. The molecule has 2 aromatic rings. The van der Waals surface area contributed by atoms with Gasteiger partial charge in [0.1, 0.15) is 4.21 Å². The number of hydrogen-bond acceptors (Lipinski definition) is 5. The first-order valence-corrected chi connectivity index (χ1v) is 11.8. The lowest BCUT2D eigenvalue weighted by atomic mass is 9.91. The van der Waals surface area contributed by atoms with E-state index in [2.05, 4.69) is 17.9 Å². The van der Waals surface area contributed by atoms with Crippen LogP contribution in [0, 0.1) is 20.8 Å². The maximum atomic E-state index is 12.8. The molecule has 0 spiro atoms. The Kier molecular flexibility index (Phi) is 6.32. The molecular weight excluding hydrogens is 416 g/mol. The Morgan fingerprint density at radius 2 is 1.75 bits per heavy atom. The number of carbonyl (C=O) groups is 1. The highest BCUT2D eigenvalue weighted by Gasteiger charge is 2.30. The highest BCUT2D eigenvalue weighted by Crippen LogP contribution is 2.29. The maximum absolute atomic E-state index is 12.8. The molecule has 1 fully saturated rings. The summed E-state index contributed by atoms with van der Waals surface area (Å²) in [5.74, 6) is 0.0850. The number of Topliss-reactive ketones (excluding diaryl/α,β-unsaturated/α-hetero) is 1. The molecule has 0 N–H and O–H groups in total. The van der Waals surface area contributed by atoms with Crippen molar-refractivity contribution in [1.29, 1.82) is 0 Å². The lowest BCUT2D eigenvalue weighted by molar-refractivity contribution is 0.101. The molecule has 2 heterocycles. The van der Waals surface area contributed by atoms with E-state index < -0.39 is 10.0 Å². The maximum Gasteiger partial charge on any atom is 0.252 e. The van der Waals surface area contributed by atoms with E-state index in [-0.39, 0.29) is 5.78 Å².